The van der Waals surface area contributed by atoms with E-state index in [2.05, 4.69) is 18.8 Å². The summed E-state index contributed by atoms with van der Waals surface area (Å²) in [5, 5.41) is -0.906. The Morgan fingerprint density at radius 2 is 1.82 bits per heavy atom. The van der Waals surface area contributed by atoms with Crippen LogP contribution in [0.15, 0.2) is 23.4 Å². The van der Waals surface area contributed by atoms with Gasteiger partial charge in [0.25, 0.3) is 0 Å². The van der Waals surface area contributed by atoms with E-state index in [1.165, 1.54) is 12.3 Å². The van der Waals surface area contributed by atoms with Crippen LogP contribution in [0.25, 0.3) is 0 Å². The molecule has 0 bridgehead atoms. The predicted molar refractivity (Wildman–Crippen MR) is 64.6 cm³/mol. The van der Waals surface area contributed by atoms with Gasteiger partial charge >= 0.3 is 51.4 Å². The molecule has 17 heavy (non-hydrogen) atoms. The van der Waals surface area contributed by atoms with Crippen LogP contribution in [-0.2, 0) is 15.3 Å². The Balaban J connectivity index is 0.00000256. The van der Waals surface area contributed by atoms with Gasteiger partial charge in [-0.3, -0.25) is 4.98 Å². The molecule has 1 aromatic heterocycles. The molecule has 0 fully saturated rings. The van der Waals surface area contributed by atoms with Crippen LogP contribution >= 0.6 is 0 Å². The van der Waals surface area contributed by atoms with Crippen molar-refractivity contribution in [1.29, 1.82) is 0 Å². The maximum atomic E-state index is 12.0. The molecule has 0 aliphatic rings. The van der Waals surface area contributed by atoms with E-state index in [-0.39, 0.29) is 61.7 Å². The molecule has 0 aliphatic carbocycles. The van der Waals surface area contributed by atoms with Crippen LogP contribution in [0.3, 0.4) is 0 Å². The summed E-state index contributed by atoms with van der Waals surface area (Å²) in [6, 6.07) is 1.51. The maximum absolute atomic E-state index is 12.0. The van der Waals surface area contributed by atoms with Gasteiger partial charge in [0, 0.05) is 12.4 Å². The fourth-order valence-electron chi connectivity index (χ4n) is 1.37. The standard InChI is InChI=1S/C12H17NO2S.K/c1-9(2)16(14,15)11-6-7-13-8-10(11)12(3,4)5;/h6-9H,1-2H2,3-5H3;/q-2;+1. The zero-order valence-corrected chi connectivity index (χ0v) is 14.8. The van der Waals surface area contributed by atoms with Crippen molar-refractivity contribution in [3.63, 3.8) is 0 Å². The molecule has 5 heteroatoms. The van der Waals surface area contributed by atoms with Crippen molar-refractivity contribution in [3.05, 3.63) is 37.9 Å². The van der Waals surface area contributed by atoms with Crippen molar-refractivity contribution in [1.82, 2.24) is 4.98 Å². The molecule has 0 unspecified atom stereocenters. The third-order valence-corrected chi connectivity index (χ3v) is 4.18. The Bertz CT molecular complexity index is 476. The average molecular weight is 278 g/mol. The summed E-state index contributed by atoms with van der Waals surface area (Å²) >= 11 is 0. The third-order valence-electron chi connectivity index (χ3n) is 2.33. The van der Waals surface area contributed by atoms with Gasteiger partial charge in [0.05, 0.1) is 4.90 Å². The van der Waals surface area contributed by atoms with Gasteiger partial charge in [0.15, 0.2) is 0 Å². The van der Waals surface area contributed by atoms with Gasteiger partial charge in [-0.15, -0.1) is 0 Å². The van der Waals surface area contributed by atoms with E-state index in [1.807, 2.05) is 20.8 Å². The van der Waals surface area contributed by atoms with E-state index < -0.39 is 15.1 Å². The second-order valence-corrected chi connectivity index (χ2v) is 6.99. The van der Waals surface area contributed by atoms with Crippen LogP contribution in [-0.4, -0.2) is 18.7 Å². The quantitative estimate of drug-likeness (QED) is 0.525. The second-order valence-electron chi connectivity index (χ2n) is 4.79. The molecule has 1 rings (SSSR count). The molecule has 1 heterocycles. The van der Waals surface area contributed by atoms with Gasteiger partial charge in [-0.2, -0.15) is 5.25 Å². The Labute approximate surface area is 147 Å². The zero-order chi connectivity index (χ0) is 12.6. The first-order valence-electron chi connectivity index (χ1n) is 5.02. The van der Waals surface area contributed by atoms with Gasteiger partial charge < -0.3 is 13.8 Å². The number of rotatable bonds is 2. The number of hydrogen-bond donors (Lipinski definition) is 0. The van der Waals surface area contributed by atoms with Crippen molar-refractivity contribution in [3.8, 4) is 0 Å². The fourth-order valence-corrected chi connectivity index (χ4v) is 2.65. The Hall–Kier alpha value is 0.736. The van der Waals surface area contributed by atoms with E-state index in [9.17, 15) is 8.42 Å². The topological polar surface area (TPSA) is 47.0 Å². The zero-order valence-electron chi connectivity index (χ0n) is 10.9. The third kappa shape index (κ3) is 4.11. The number of aromatic nitrogens is 1. The van der Waals surface area contributed by atoms with E-state index in [1.54, 1.807) is 6.20 Å². The van der Waals surface area contributed by atoms with Crippen molar-refractivity contribution in [2.24, 2.45) is 0 Å². The van der Waals surface area contributed by atoms with Crippen LogP contribution in [0.4, 0.5) is 0 Å². The molecule has 1 aromatic rings. The minimum absolute atomic E-state index is 0. The number of pyridine rings is 1. The molecule has 0 radical (unpaired) electrons. The van der Waals surface area contributed by atoms with Gasteiger partial charge in [-0.05, 0) is 17.0 Å². The van der Waals surface area contributed by atoms with E-state index in [4.69, 9.17) is 0 Å². The number of nitrogens with zero attached hydrogens (tertiary/aromatic N) is 1. The van der Waals surface area contributed by atoms with Crippen molar-refractivity contribution in [2.45, 2.75) is 36.3 Å². The van der Waals surface area contributed by atoms with Crippen molar-refractivity contribution >= 4 is 9.84 Å². The van der Waals surface area contributed by atoms with Crippen LogP contribution in [0, 0.1) is 13.8 Å². The first-order chi connectivity index (χ1) is 7.17. The molecule has 0 spiro atoms. The van der Waals surface area contributed by atoms with Crippen molar-refractivity contribution < 1.29 is 59.8 Å². The first kappa shape index (κ1) is 17.7. The molecule has 0 atom stereocenters. The molecular weight excluding hydrogens is 261 g/mol. The fraction of sp³-hybridized carbons (Fsp3) is 0.417. The van der Waals surface area contributed by atoms with Gasteiger partial charge in [0.1, 0.15) is 9.84 Å². The van der Waals surface area contributed by atoms with Crippen LogP contribution in [0.5, 0.6) is 0 Å². The smallest absolute Gasteiger partial charge is 0.355 e. The van der Waals surface area contributed by atoms with E-state index in [0.717, 1.165) is 0 Å². The van der Waals surface area contributed by atoms with E-state index in [0.29, 0.717) is 5.56 Å². The normalized spacial score (nSPS) is 12.4. The van der Waals surface area contributed by atoms with Gasteiger partial charge in [0.2, 0.25) is 0 Å². The molecule has 0 amide bonds. The first-order valence-corrected chi connectivity index (χ1v) is 6.56. The number of hydrogen-bond acceptors (Lipinski definition) is 3. The molecule has 0 N–H and O–H groups in total. The summed E-state index contributed by atoms with van der Waals surface area (Å²) in [6.07, 6.45) is 3.07. The monoisotopic (exact) mass is 278 g/mol. The number of sulfone groups is 1. The molecule has 0 saturated heterocycles. The van der Waals surface area contributed by atoms with Crippen LogP contribution < -0.4 is 51.4 Å². The Morgan fingerprint density at radius 1 is 1.29 bits per heavy atom. The predicted octanol–water partition coefficient (Wildman–Crippen LogP) is -0.806. The largest absolute Gasteiger partial charge is 1.00 e. The molecule has 3 nitrogen and oxygen atoms in total. The molecule has 0 saturated carbocycles. The minimum atomic E-state index is -3.45. The summed E-state index contributed by atoms with van der Waals surface area (Å²) in [6.45, 7) is 12.8. The summed E-state index contributed by atoms with van der Waals surface area (Å²) in [5.41, 5.74) is 0.429. The summed E-state index contributed by atoms with van der Waals surface area (Å²) in [7, 11) is -3.45. The SMILES string of the molecule is [CH2-]C([CH2-])S(=O)(=O)c1ccncc1C(C)(C)C.[K+]. The van der Waals surface area contributed by atoms with Gasteiger partial charge in [-0.1, -0.05) is 20.8 Å². The van der Waals surface area contributed by atoms with E-state index >= 15 is 0 Å². The summed E-state index contributed by atoms with van der Waals surface area (Å²) in [4.78, 5) is 4.26. The minimum Gasteiger partial charge on any atom is -0.355 e. The Morgan fingerprint density at radius 3 is 2.24 bits per heavy atom. The average Bonchev–Trinajstić information content (AvgIpc) is 2.16. The molecule has 0 aromatic carbocycles. The summed E-state index contributed by atoms with van der Waals surface area (Å²) < 4.78 is 24.1. The van der Waals surface area contributed by atoms with Gasteiger partial charge in [-0.25, -0.2) is 8.42 Å². The molecule has 0 aliphatic heterocycles. The van der Waals surface area contributed by atoms with Crippen molar-refractivity contribution in [2.75, 3.05) is 0 Å². The molecular formula is C12H17KNO2S-. The van der Waals surface area contributed by atoms with Crippen LogP contribution in [0.2, 0.25) is 0 Å². The maximum Gasteiger partial charge on any atom is 1.00 e. The van der Waals surface area contributed by atoms with Crippen LogP contribution in [0.1, 0.15) is 26.3 Å². The Kier molecular flexibility index (Phi) is 6.53. The summed E-state index contributed by atoms with van der Waals surface area (Å²) in [5.74, 6) is 0. The second kappa shape index (κ2) is 6.26. The molecule has 90 valence electrons.